The first-order valence-electron chi connectivity index (χ1n) is 8.85. The van der Waals surface area contributed by atoms with Crippen LogP contribution in [0, 0.1) is 0 Å². The zero-order chi connectivity index (χ0) is 19.7. The summed E-state index contributed by atoms with van der Waals surface area (Å²) >= 11 is 0. The molecule has 1 atom stereocenters. The Kier molecular flexibility index (Phi) is 4.60. The molecule has 8 nitrogen and oxygen atoms in total. The number of ether oxygens (including phenoxy) is 2. The summed E-state index contributed by atoms with van der Waals surface area (Å²) in [6.45, 7) is 2.32. The Morgan fingerprint density at radius 3 is 2.89 bits per heavy atom. The molecule has 0 unspecified atom stereocenters. The summed E-state index contributed by atoms with van der Waals surface area (Å²) < 4.78 is 10.7. The van der Waals surface area contributed by atoms with E-state index in [1.54, 1.807) is 37.3 Å². The average molecular weight is 380 g/mol. The van der Waals surface area contributed by atoms with Crippen LogP contribution in [0.5, 0.6) is 11.5 Å². The van der Waals surface area contributed by atoms with Crippen LogP contribution in [0.2, 0.25) is 0 Å². The zero-order valence-electron chi connectivity index (χ0n) is 15.6. The predicted molar refractivity (Wildman–Crippen MR) is 100 cm³/mol. The largest absolute Gasteiger partial charge is 0.454 e. The molecule has 3 heterocycles. The second-order valence-corrected chi connectivity index (χ2v) is 6.71. The van der Waals surface area contributed by atoms with E-state index < -0.39 is 6.04 Å². The third-order valence-corrected chi connectivity index (χ3v) is 4.72. The topological polar surface area (TPSA) is 92.8 Å². The lowest BCUT2D eigenvalue weighted by molar-refractivity contribution is -0.126. The van der Waals surface area contributed by atoms with Gasteiger partial charge in [0.1, 0.15) is 0 Å². The van der Waals surface area contributed by atoms with E-state index in [-0.39, 0.29) is 18.7 Å². The summed E-state index contributed by atoms with van der Waals surface area (Å²) in [5.41, 5.74) is 2.68. The van der Waals surface area contributed by atoms with E-state index in [0.29, 0.717) is 29.3 Å². The Hall–Kier alpha value is -3.55. The van der Waals surface area contributed by atoms with Crippen molar-refractivity contribution in [1.29, 1.82) is 0 Å². The third-order valence-electron chi connectivity index (χ3n) is 4.72. The number of likely N-dealkylation sites (N-methyl/N-ethyl adjacent to an activating group) is 1. The van der Waals surface area contributed by atoms with Gasteiger partial charge in [-0.3, -0.25) is 9.78 Å². The second-order valence-electron chi connectivity index (χ2n) is 6.71. The number of nitrogens with one attached hydrogen (secondary N) is 2. The highest BCUT2D eigenvalue weighted by Gasteiger charge is 2.32. The molecule has 2 N–H and O–H groups in total. The summed E-state index contributed by atoms with van der Waals surface area (Å²) in [5, 5.41) is 5.50. The minimum Gasteiger partial charge on any atom is -0.454 e. The fraction of sp³-hybridized carbons (Fsp3) is 0.250. The number of benzene rings is 1. The van der Waals surface area contributed by atoms with E-state index in [9.17, 15) is 9.59 Å². The lowest BCUT2D eigenvalue weighted by atomic mass is 9.95. The molecule has 0 radical (unpaired) electrons. The zero-order valence-corrected chi connectivity index (χ0v) is 15.6. The molecular formula is C20H20N4O4. The lowest BCUT2D eigenvalue weighted by Gasteiger charge is -2.31. The summed E-state index contributed by atoms with van der Waals surface area (Å²) in [6.07, 6.45) is 3.30. The molecule has 4 rings (SSSR count). The Labute approximate surface area is 162 Å². The van der Waals surface area contributed by atoms with Crippen molar-refractivity contribution in [3.05, 3.63) is 65.1 Å². The fourth-order valence-electron chi connectivity index (χ4n) is 3.36. The van der Waals surface area contributed by atoms with E-state index in [2.05, 4.69) is 15.6 Å². The Balaban J connectivity index is 1.59. The summed E-state index contributed by atoms with van der Waals surface area (Å²) in [5.74, 6) is 1.19. The number of urea groups is 1. The molecule has 2 aliphatic heterocycles. The number of fused-ring (bicyclic) bond motifs is 1. The normalized spacial score (nSPS) is 17.8. The molecule has 144 valence electrons. The second kappa shape index (κ2) is 7.22. The van der Waals surface area contributed by atoms with Crippen molar-refractivity contribution in [2.75, 3.05) is 13.8 Å². The van der Waals surface area contributed by atoms with Crippen LogP contribution in [0.3, 0.4) is 0 Å². The molecule has 0 spiro atoms. The first kappa shape index (κ1) is 17.8. The van der Waals surface area contributed by atoms with E-state index >= 15 is 0 Å². The minimum absolute atomic E-state index is 0.184. The molecule has 0 saturated heterocycles. The average Bonchev–Trinajstić information content (AvgIpc) is 3.15. The molecule has 28 heavy (non-hydrogen) atoms. The number of aromatic nitrogens is 1. The van der Waals surface area contributed by atoms with Crippen LogP contribution < -0.4 is 20.1 Å². The van der Waals surface area contributed by atoms with Gasteiger partial charge in [0, 0.05) is 31.7 Å². The third kappa shape index (κ3) is 3.36. The molecule has 2 aromatic rings. The van der Waals surface area contributed by atoms with E-state index in [1.807, 2.05) is 24.3 Å². The van der Waals surface area contributed by atoms with Gasteiger partial charge in [0.2, 0.25) is 6.79 Å². The maximum atomic E-state index is 13.2. The van der Waals surface area contributed by atoms with Crippen LogP contribution in [-0.2, 0) is 11.3 Å². The van der Waals surface area contributed by atoms with Crippen LogP contribution in [0.1, 0.15) is 24.1 Å². The summed E-state index contributed by atoms with van der Waals surface area (Å²) in [7, 11) is 1.73. The van der Waals surface area contributed by atoms with Crippen LogP contribution in [0.25, 0.3) is 0 Å². The van der Waals surface area contributed by atoms with Gasteiger partial charge >= 0.3 is 6.03 Å². The van der Waals surface area contributed by atoms with Gasteiger partial charge in [-0.15, -0.1) is 0 Å². The molecule has 1 aromatic heterocycles. The minimum atomic E-state index is -0.561. The van der Waals surface area contributed by atoms with Gasteiger partial charge in [-0.1, -0.05) is 12.1 Å². The van der Waals surface area contributed by atoms with Crippen molar-refractivity contribution >= 4 is 11.9 Å². The molecule has 0 fully saturated rings. The molecule has 8 heteroatoms. The first-order valence-corrected chi connectivity index (χ1v) is 8.85. The van der Waals surface area contributed by atoms with Crippen LogP contribution in [0.4, 0.5) is 4.79 Å². The lowest BCUT2D eigenvalue weighted by Crippen LogP contribution is -2.47. The van der Waals surface area contributed by atoms with Gasteiger partial charge in [0.15, 0.2) is 11.5 Å². The van der Waals surface area contributed by atoms with Crippen LogP contribution in [0.15, 0.2) is 54.0 Å². The van der Waals surface area contributed by atoms with E-state index in [0.717, 1.165) is 11.1 Å². The van der Waals surface area contributed by atoms with Crippen molar-refractivity contribution in [2.45, 2.75) is 19.5 Å². The first-order chi connectivity index (χ1) is 13.5. The standard InChI is InChI=1S/C20H20N4O4/c1-12-17(18(23-20(26)22-12)14-4-3-7-21-9-14)19(25)24(2)10-13-5-6-15-16(8-13)28-11-27-15/h3-9,18H,10-11H2,1-2H3,(H2,22,23,26)/t18-/m1/s1. The number of amides is 3. The van der Waals surface area contributed by atoms with Crippen molar-refractivity contribution in [2.24, 2.45) is 0 Å². The van der Waals surface area contributed by atoms with Crippen molar-refractivity contribution < 1.29 is 19.1 Å². The van der Waals surface area contributed by atoms with Crippen molar-refractivity contribution in [3.63, 3.8) is 0 Å². The van der Waals surface area contributed by atoms with E-state index in [1.165, 1.54) is 0 Å². The molecule has 0 bridgehead atoms. The highest BCUT2D eigenvalue weighted by molar-refractivity contribution is 5.98. The molecule has 3 amide bonds. The van der Waals surface area contributed by atoms with Gasteiger partial charge in [-0.25, -0.2) is 4.79 Å². The number of allylic oxidation sites excluding steroid dienone is 1. The number of carbonyl (C=O) groups excluding carboxylic acids is 2. The maximum absolute atomic E-state index is 13.2. The maximum Gasteiger partial charge on any atom is 0.319 e. The van der Waals surface area contributed by atoms with Crippen molar-refractivity contribution in [1.82, 2.24) is 20.5 Å². The molecule has 2 aliphatic rings. The molecular weight excluding hydrogens is 360 g/mol. The monoisotopic (exact) mass is 380 g/mol. The Morgan fingerprint density at radius 2 is 2.11 bits per heavy atom. The summed E-state index contributed by atoms with van der Waals surface area (Å²) in [4.78, 5) is 30.9. The van der Waals surface area contributed by atoms with E-state index in [4.69, 9.17) is 9.47 Å². The quantitative estimate of drug-likeness (QED) is 0.847. The molecule has 0 aliphatic carbocycles. The fourth-order valence-corrected chi connectivity index (χ4v) is 3.36. The number of nitrogens with zero attached hydrogens (tertiary/aromatic N) is 2. The highest BCUT2D eigenvalue weighted by atomic mass is 16.7. The van der Waals surface area contributed by atoms with Gasteiger partial charge in [0.05, 0.1) is 11.6 Å². The van der Waals surface area contributed by atoms with Crippen molar-refractivity contribution in [3.8, 4) is 11.5 Å². The van der Waals surface area contributed by atoms with Gasteiger partial charge in [-0.05, 0) is 36.2 Å². The van der Waals surface area contributed by atoms with Gasteiger partial charge < -0.3 is 25.0 Å². The smallest absolute Gasteiger partial charge is 0.319 e. The Bertz CT molecular complexity index is 958. The number of hydrogen-bond donors (Lipinski definition) is 2. The predicted octanol–water partition coefficient (Wildman–Crippen LogP) is 2.10. The van der Waals surface area contributed by atoms with Gasteiger partial charge in [0.25, 0.3) is 5.91 Å². The number of carbonyl (C=O) groups is 2. The van der Waals surface area contributed by atoms with Gasteiger partial charge in [-0.2, -0.15) is 0 Å². The highest BCUT2D eigenvalue weighted by Crippen LogP contribution is 2.33. The SMILES string of the molecule is CC1=C(C(=O)N(C)Cc2ccc3c(c2)OCO3)[C@@H](c2cccnc2)NC(=O)N1. The van der Waals surface area contributed by atoms with Crippen LogP contribution in [-0.4, -0.2) is 35.7 Å². The summed E-state index contributed by atoms with van der Waals surface area (Å²) in [6, 6.07) is 8.31. The number of pyridine rings is 1. The Morgan fingerprint density at radius 1 is 1.29 bits per heavy atom. The number of hydrogen-bond acceptors (Lipinski definition) is 5. The number of rotatable bonds is 4. The molecule has 0 saturated carbocycles. The molecule has 1 aromatic carbocycles. The van der Waals surface area contributed by atoms with Crippen LogP contribution >= 0.6 is 0 Å².